The van der Waals surface area contributed by atoms with Crippen LogP contribution in [0.4, 0.5) is 5.69 Å². The van der Waals surface area contributed by atoms with Crippen molar-refractivity contribution in [2.45, 2.75) is 38.1 Å². The molecule has 0 saturated heterocycles. The SMILES string of the molecule is O=C(Nc1cccc(-c2cn3c(n2)CCCC3)c1)C1CC1c1ccccc1Cl. The van der Waals surface area contributed by atoms with Gasteiger partial charge in [0.1, 0.15) is 5.82 Å². The molecule has 1 fully saturated rings. The molecule has 2 heterocycles. The normalized spacial score (nSPS) is 20.5. The molecule has 1 saturated carbocycles. The van der Waals surface area contributed by atoms with Crippen molar-refractivity contribution in [3.05, 3.63) is 71.1 Å². The minimum absolute atomic E-state index is 0.0107. The van der Waals surface area contributed by atoms with Crippen LogP contribution in [0.1, 0.15) is 36.6 Å². The third kappa shape index (κ3) is 3.33. The highest BCUT2D eigenvalue weighted by atomic mass is 35.5. The Hall–Kier alpha value is -2.59. The van der Waals surface area contributed by atoms with Crippen LogP contribution in [0, 0.1) is 5.92 Å². The van der Waals surface area contributed by atoms with E-state index in [-0.39, 0.29) is 17.7 Å². The Labute approximate surface area is 169 Å². The second kappa shape index (κ2) is 7.10. The molecule has 1 aromatic heterocycles. The Balaban J connectivity index is 1.30. The fourth-order valence-electron chi connectivity index (χ4n) is 4.15. The van der Waals surface area contributed by atoms with Crippen LogP contribution < -0.4 is 5.32 Å². The number of anilines is 1. The van der Waals surface area contributed by atoms with Crippen LogP contribution >= 0.6 is 11.6 Å². The number of hydrogen-bond donors (Lipinski definition) is 1. The van der Waals surface area contributed by atoms with E-state index >= 15 is 0 Å². The Morgan fingerprint density at radius 1 is 1.14 bits per heavy atom. The Kier molecular flexibility index (Phi) is 4.44. The van der Waals surface area contributed by atoms with E-state index in [9.17, 15) is 4.79 Å². The first kappa shape index (κ1) is 17.5. The summed E-state index contributed by atoms with van der Waals surface area (Å²) in [6.07, 6.45) is 6.45. The average molecular weight is 392 g/mol. The topological polar surface area (TPSA) is 46.9 Å². The fraction of sp³-hybridized carbons (Fsp3) is 0.304. The molecule has 2 unspecified atom stereocenters. The molecule has 5 rings (SSSR count). The first-order valence-corrected chi connectivity index (χ1v) is 10.3. The van der Waals surface area contributed by atoms with Crippen molar-refractivity contribution >= 4 is 23.2 Å². The molecule has 0 spiro atoms. The molecule has 0 bridgehead atoms. The minimum atomic E-state index is -0.0107. The number of amides is 1. The summed E-state index contributed by atoms with van der Waals surface area (Å²) in [5.74, 6) is 1.43. The first-order valence-electron chi connectivity index (χ1n) is 9.91. The van der Waals surface area contributed by atoms with Gasteiger partial charge in [-0.1, -0.05) is 41.9 Å². The van der Waals surface area contributed by atoms with Gasteiger partial charge in [0.15, 0.2) is 0 Å². The molecule has 0 radical (unpaired) electrons. The van der Waals surface area contributed by atoms with Gasteiger partial charge in [0.25, 0.3) is 0 Å². The molecule has 142 valence electrons. The van der Waals surface area contributed by atoms with E-state index in [1.807, 2.05) is 48.5 Å². The minimum Gasteiger partial charge on any atom is -0.334 e. The van der Waals surface area contributed by atoms with E-state index in [1.165, 1.54) is 12.8 Å². The maximum Gasteiger partial charge on any atom is 0.228 e. The van der Waals surface area contributed by atoms with Crippen LogP contribution in [0.3, 0.4) is 0 Å². The summed E-state index contributed by atoms with van der Waals surface area (Å²) in [6.45, 7) is 1.05. The van der Waals surface area contributed by atoms with Crippen molar-refractivity contribution in [1.82, 2.24) is 9.55 Å². The van der Waals surface area contributed by atoms with Crippen LogP contribution in [0.5, 0.6) is 0 Å². The molecule has 2 aliphatic rings. The second-order valence-electron chi connectivity index (χ2n) is 7.73. The van der Waals surface area contributed by atoms with Crippen molar-refractivity contribution in [1.29, 1.82) is 0 Å². The van der Waals surface area contributed by atoms with Gasteiger partial charge >= 0.3 is 0 Å². The van der Waals surface area contributed by atoms with Crippen LogP contribution in [-0.2, 0) is 17.8 Å². The number of hydrogen-bond acceptors (Lipinski definition) is 2. The van der Waals surface area contributed by atoms with E-state index in [2.05, 4.69) is 16.1 Å². The highest BCUT2D eigenvalue weighted by molar-refractivity contribution is 6.31. The van der Waals surface area contributed by atoms with Crippen LogP contribution in [0.15, 0.2) is 54.7 Å². The van der Waals surface area contributed by atoms with E-state index < -0.39 is 0 Å². The monoisotopic (exact) mass is 391 g/mol. The maximum absolute atomic E-state index is 12.7. The summed E-state index contributed by atoms with van der Waals surface area (Å²) >= 11 is 6.28. The summed E-state index contributed by atoms with van der Waals surface area (Å²) in [7, 11) is 0. The number of fused-ring (bicyclic) bond motifs is 1. The Morgan fingerprint density at radius 3 is 2.89 bits per heavy atom. The van der Waals surface area contributed by atoms with Gasteiger partial charge in [-0.15, -0.1) is 0 Å². The van der Waals surface area contributed by atoms with Gasteiger partial charge in [0, 0.05) is 41.4 Å². The zero-order chi connectivity index (χ0) is 19.1. The summed E-state index contributed by atoms with van der Waals surface area (Å²) in [4.78, 5) is 17.5. The number of imidazole rings is 1. The van der Waals surface area contributed by atoms with Gasteiger partial charge in [-0.25, -0.2) is 4.98 Å². The molecule has 2 aromatic carbocycles. The molecule has 1 amide bonds. The van der Waals surface area contributed by atoms with E-state index in [0.29, 0.717) is 0 Å². The number of rotatable bonds is 4. The lowest BCUT2D eigenvalue weighted by Crippen LogP contribution is -2.14. The number of aryl methyl sites for hydroxylation is 2. The van der Waals surface area contributed by atoms with Gasteiger partial charge in [-0.2, -0.15) is 0 Å². The van der Waals surface area contributed by atoms with E-state index in [1.54, 1.807) is 0 Å². The largest absolute Gasteiger partial charge is 0.334 e. The quantitative estimate of drug-likeness (QED) is 0.657. The third-order valence-electron chi connectivity index (χ3n) is 5.77. The number of nitrogens with one attached hydrogen (secondary N) is 1. The van der Waals surface area contributed by atoms with E-state index in [0.717, 1.165) is 52.7 Å². The summed E-state index contributed by atoms with van der Waals surface area (Å²) < 4.78 is 2.25. The molecule has 1 N–H and O–H groups in total. The lowest BCUT2D eigenvalue weighted by Gasteiger charge is -2.11. The van der Waals surface area contributed by atoms with Gasteiger partial charge < -0.3 is 9.88 Å². The molecule has 4 nitrogen and oxygen atoms in total. The molecular formula is C23H22ClN3O. The lowest BCUT2D eigenvalue weighted by molar-refractivity contribution is -0.117. The number of aromatic nitrogens is 2. The number of benzene rings is 2. The number of carbonyl (C=O) groups excluding carboxylic acids is 1. The predicted octanol–water partition coefficient (Wildman–Crippen LogP) is 5.28. The summed E-state index contributed by atoms with van der Waals surface area (Å²) in [5, 5.41) is 3.82. The fourth-order valence-corrected chi connectivity index (χ4v) is 4.42. The molecule has 5 heteroatoms. The van der Waals surface area contributed by atoms with Crippen molar-refractivity contribution in [2.24, 2.45) is 5.92 Å². The standard InChI is InChI=1S/C23H22ClN3O/c24-20-9-2-1-8-17(20)18-13-19(18)23(28)25-16-7-5-6-15(12-16)21-14-27-11-4-3-10-22(27)26-21/h1-2,5-9,12,14,18-19H,3-4,10-11,13H2,(H,25,28). The van der Waals surface area contributed by atoms with Gasteiger partial charge in [-0.05, 0) is 48.9 Å². The molecule has 3 aromatic rings. The van der Waals surface area contributed by atoms with Crippen LogP contribution in [-0.4, -0.2) is 15.5 Å². The molecular weight excluding hydrogens is 370 g/mol. The smallest absolute Gasteiger partial charge is 0.228 e. The number of nitrogens with zero attached hydrogens (tertiary/aromatic N) is 2. The molecule has 28 heavy (non-hydrogen) atoms. The van der Waals surface area contributed by atoms with E-state index in [4.69, 9.17) is 16.6 Å². The predicted molar refractivity (Wildman–Crippen MR) is 112 cm³/mol. The van der Waals surface area contributed by atoms with Crippen molar-refractivity contribution < 1.29 is 4.79 Å². The van der Waals surface area contributed by atoms with Gasteiger partial charge in [0.05, 0.1) is 5.69 Å². The number of carbonyl (C=O) groups is 1. The Morgan fingerprint density at radius 2 is 2.04 bits per heavy atom. The third-order valence-corrected chi connectivity index (χ3v) is 6.11. The van der Waals surface area contributed by atoms with Crippen molar-refractivity contribution in [3.8, 4) is 11.3 Å². The Bertz CT molecular complexity index is 1020. The highest BCUT2D eigenvalue weighted by Crippen LogP contribution is 2.50. The van der Waals surface area contributed by atoms with Crippen molar-refractivity contribution in [3.63, 3.8) is 0 Å². The summed E-state index contributed by atoms with van der Waals surface area (Å²) in [6, 6.07) is 15.8. The second-order valence-corrected chi connectivity index (χ2v) is 8.14. The maximum atomic E-state index is 12.7. The highest BCUT2D eigenvalue weighted by Gasteiger charge is 2.44. The zero-order valence-electron chi connectivity index (χ0n) is 15.6. The van der Waals surface area contributed by atoms with Crippen LogP contribution in [0.25, 0.3) is 11.3 Å². The van der Waals surface area contributed by atoms with Gasteiger partial charge in [-0.3, -0.25) is 4.79 Å². The first-order chi connectivity index (χ1) is 13.7. The molecule has 2 atom stereocenters. The number of halogens is 1. The van der Waals surface area contributed by atoms with Gasteiger partial charge in [0.2, 0.25) is 5.91 Å². The average Bonchev–Trinajstić information content (AvgIpc) is 3.39. The van der Waals surface area contributed by atoms with Crippen molar-refractivity contribution in [2.75, 3.05) is 5.32 Å². The van der Waals surface area contributed by atoms with Crippen LogP contribution in [0.2, 0.25) is 5.02 Å². The molecule has 1 aliphatic heterocycles. The summed E-state index contributed by atoms with van der Waals surface area (Å²) in [5.41, 5.74) is 3.91. The lowest BCUT2D eigenvalue weighted by atomic mass is 10.1. The zero-order valence-corrected chi connectivity index (χ0v) is 16.3. The molecule has 1 aliphatic carbocycles.